The molecule has 1 rings (SSSR count). The Morgan fingerprint density at radius 2 is 2.00 bits per heavy atom. The zero-order valence-corrected chi connectivity index (χ0v) is 9.82. The molecule has 4 heteroatoms. The van der Waals surface area contributed by atoms with Crippen LogP contribution in [0.15, 0.2) is 30.3 Å². The normalized spacial score (nSPS) is 14.8. The van der Waals surface area contributed by atoms with Crippen molar-refractivity contribution in [2.45, 2.75) is 26.4 Å². The van der Waals surface area contributed by atoms with Gasteiger partial charge in [-0.05, 0) is 12.0 Å². The van der Waals surface area contributed by atoms with Crippen molar-refractivity contribution >= 4 is 7.60 Å². The van der Waals surface area contributed by atoms with Crippen molar-refractivity contribution in [3.8, 4) is 0 Å². The molecule has 0 radical (unpaired) electrons. The van der Waals surface area contributed by atoms with Crippen LogP contribution in [0.1, 0.15) is 25.3 Å². The van der Waals surface area contributed by atoms with Gasteiger partial charge in [-0.15, -0.1) is 0 Å². The fourth-order valence-electron chi connectivity index (χ4n) is 1.17. The van der Waals surface area contributed by atoms with Crippen molar-refractivity contribution in [1.82, 2.24) is 0 Å². The topological polar surface area (TPSA) is 46.5 Å². The quantitative estimate of drug-likeness (QED) is 0.760. The summed E-state index contributed by atoms with van der Waals surface area (Å²) in [5.41, 5.74) is 0.920. The second-order valence-corrected chi connectivity index (χ2v) is 5.45. The van der Waals surface area contributed by atoms with E-state index in [1.54, 1.807) is 0 Å². The fraction of sp³-hybridized carbons (Fsp3) is 0.455. The zero-order chi connectivity index (χ0) is 11.1. The molecule has 0 bridgehead atoms. The highest BCUT2D eigenvalue weighted by Gasteiger charge is 2.17. The van der Waals surface area contributed by atoms with Crippen LogP contribution in [-0.4, -0.2) is 11.1 Å². The third kappa shape index (κ3) is 5.12. The highest BCUT2D eigenvalue weighted by molar-refractivity contribution is 7.52. The third-order valence-corrected chi connectivity index (χ3v) is 3.48. The fourth-order valence-corrected chi connectivity index (χ4v) is 2.37. The highest BCUT2D eigenvalue weighted by Crippen LogP contribution is 2.43. The molecule has 1 unspecified atom stereocenters. The lowest BCUT2D eigenvalue weighted by atomic mass is 10.2. The Hall–Kier alpha value is -0.630. The molecule has 1 atom stereocenters. The summed E-state index contributed by atoms with van der Waals surface area (Å²) in [4.78, 5) is 9.44. The number of benzene rings is 1. The Bertz CT molecular complexity index is 324. The lowest BCUT2D eigenvalue weighted by Gasteiger charge is -2.11. The maximum atomic E-state index is 11.5. The van der Waals surface area contributed by atoms with Crippen LogP contribution in [0.3, 0.4) is 0 Å². The SMILES string of the molecule is CCCCP(=O)(O)OCc1ccccc1. The summed E-state index contributed by atoms with van der Waals surface area (Å²) in [7, 11) is -3.37. The number of rotatable bonds is 6. The molecule has 0 saturated heterocycles. The van der Waals surface area contributed by atoms with E-state index in [9.17, 15) is 9.46 Å². The van der Waals surface area contributed by atoms with E-state index >= 15 is 0 Å². The predicted octanol–water partition coefficient (Wildman–Crippen LogP) is 3.19. The summed E-state index contributed by atoms with van der Waals surface area (Å²) in [6, 6.07) is 9.42. The van der Waals surface area contributed by atoms with Crippen molar-refractivity contribution in [1.29, 1.82) is 0 Å². The first kappa shape index (κ1) is 12.4. The largest absolute Gasteiger partial charge is 0.328 e. The Balaban J connectivity index is 2.39. The Morgan fingerprint density at radius 3 is 2.60 bits per heavy atom. The molecule has 0 aliphatic heterocycles. The number of hydrogen-bond donors (Lipinski definition) is 1. The van der Waals surface area contributed by atoms with Gasteiger partial charge in [0.2, 0.25) is 0 Å². The average Bonchev–Trinajstić information content (AvgIpc) is 2.25. The van der Waals surface area contributed by atoms with Gasteiger partial charge in [0.05, 0.1) is 6.61 Å². The monoisotopic (exact) mass is 228 g/mol. The molecule has 3 nitrogen and oxygen atoms in total. The molecule has 0 heterocycles. The molecular weight excluding hydrogens is 211 g/mol. The molecule has 0 spiro atoms. The van der Waals surface area contributed by atoms with Gasteiger partial charge in [0.15, 0.2) is 0 Å². The van der Waals surface area contributed by atoms with Crippen LogP contribution in [0.25, 0.3) is 0 Å². The molecular formula is C11H17O3P. The summed E-state index contributed by atoms with van der Waals surface area (Å²) in [6.45, 7) is 2.19. The molecule has 84 valence electrons. The number of hydrogen-bond acceptors (Lipinski definition) is 2. The zero-order valence-electron chi connectivity index (χ0n) is 8.93. The first-order chi connectivity index (χ1) is 7.14. The molecule has 0 aromatic heterocycles. The van der Waals surface area contributed by atoms with Crippen LogP contribution < -0.4 is 0 Å². The second-order valence-electron chi connectivity index (χ2n) is 3.47. The maximum absolute atomic E-state index is 11.5. The van der Waals surface area contributed by atoms with E-state index in [1.807, 2.05) is 37.3 Å². The molecule has 0 aliphatic carbocycles. The molecule has 15 heavy (non-hydrogen) atoms. The van der Waals surface area contributed by atoms with Gasteiger partial charge in [-0.25, -0.2) is 0 Å². The van der Waals surface area contributed by atoms with Gasteiger partial charge in [-0.1, -0.05) is 43.7 Å². The summed E-state index contributed by atoms with van der Waals surface area (Å²) < 4.78 is 16.5. The minimum absolute atomic E-state index is 0.207. The third-order valence-electron chi connectivity index (χ3n) is 2.07. The van der Waals surface area contributed by atoms with Crippen molar-refractivity contribution in [3.63, 3.8) is 0 Å². The Kier molecular flexibility index (Phi) is 5.03. The first-order valence-electron chi connectivity index (χ1n) is 5.14. The van der Waals surface area contributed by atoms with Crippen LogP contribution in [0.5, 0.6) is 0 Å². The van der Waals surface area contributed by atoms with Crippen molar-refractivity contribution in [2.75, 3.05) is 6.16 Å². The van der Waals surface area contributed by atoms with Crippen LogP contribution >= 0.6 is 7.60 Å². The van der Waals surface area contributed by atoms with E-state index in [0.29, 0.717) is 0 Å². The second kappa shape index (κ2) is 6.06. The van der Waals surface area contributed by atoms with E-state index in [4.69, 9.17) is 4.52 Å². The summed E-state index contributed by atoms with van der Waals surface area (Å²) in [5.74, 6) is 0. The van der Waals surface area contributed by atoms with Gasteiger partial charge in [0.25, 0.3) is 0 Å². The first-order valence-corrected chi connectivity index (χ1v) is 6.90. The van der Waals surface area contributed by atoms with Gasteiger partial charge >= 0.3 is 7.60 Å². The van der Waals surface area contributed by atoms with Gasteiger partial charge in [-0.2, -0.15) is 0 Å². The lowest BCUT2D eigenvalue weighted by Crippen LogP contribution is -1.95. The Labute approximate surface area is 90.6 Å². The smallest absolute Gasteiger partial charge is 0.324 e. The molecule has 0 amide bonds. The van der Waals surface area contributed by atoms with Gasteiger partial charge in [0, 0.05) is 6.16 Å². The van der Waals surface area contributed by atoms with Crippen LogP contribution in [-0.2, 0) is 15.7 Å². The van der Waals surface area contributed by atoms with E-state index in [0.717, 1.165) is 18.4 Å². The summed E-state index contributed by atoms with van der Waals surface area (Å²) >= 11 is 0. The summed E-state index contributed by atoms with van der Waals surface area (Å²) in [5, 5.41) is 0. The van der Waals surface area contributed by atoms with E-state index < -0.39 is 7.60 Å². The van der Waals surface area contributed by atoms with Crippen LogP contribution in [0.2, 0.25) is 0 Å². The molecule has 1 N–H and O–H groups in total. The van der Waals surface area contributed by atoms with E-state index in [-0.39, 0.29) is 12.8 Å². The molecule has 0 aliphatic rings. The van der Waals surface area contributed by atoms with Crippen molar-refractivity contribution < 1.29 is 14.0 Å². The standard InChI is InChI=1S/C11H17O3P/c1-2-3-9-15(12,13)14-10-11-7-5-4-6-8-11/h4-8H,2-3,9-10H2,1H3,(H,12,13). The lowest BCUT2D eigenvalue weighted by molar-refractivity contribution is 0.249. The van der Waals surface area contributed by atoms with Gasteiger partial charge in [-0.3, -0.25) is 4.57 Å². The van der Waals surface area contributed by atoms with Crippen molar-refractivity contribution in [2.24, 2.45) is 0 Å². The molecule has 0 saturated carbocycles. The predicted molar refractivity (Wildman–Crippen MR) is 60.8 cm³/mol. The van der Waals surface area contributed by atoms with E-state index in [2.05, 4.69) is 0 Å². The molecule has 0 fully saturated rings. The van der Waals surface area contributed by atoms with Crippen LogP contribution in [0.4, 0.5) is 0 Å². The van der Waals surface area contributed by atoms with Gasteiger partial charge < -0.3 is 9.42 Å². The van der Waals surface area contributed by atoms with Crippen molar-refractivity contribution in [3.05, 3.63) is 35.9 Å². The van der Waals surface area contributed by atoms with Crippen LogP contribution in [0, 0.1) is 0 Å². The summed E-state index contributed by atoms with van der Waals surface area (Å²) in [6.07, 6.45) is 1.87. The minimum Gasteiger partial charge on any atom is -0.324 e. The maximum Gasteiger partial charge on any atom is 0.328 e. The van der Waals surface area contributed by atoms with E-state index in [1.165, 1.54) is 0 Å². The van der Waals surface area contributed by atoms with Gasteiger partial charge in [0.1, 0.15) is 0 Å². The molecule has 1 aromatic carbocycles. The highest BCUT2D eigenvalue weighted by atomic mass is 31.2. The Morgan fingerprint density at radius 1 is 1.33 bits per heavy atom. The molecule has 1 aromatic rings. The average molecular weight is 228 g/mol. The minimum atomic E-state index is -3.37. The number of unbranched alkanes of at least 4 members (excludes halogenated alkanes) is 1.